The van der Waals surface area contributed by atoms with E-state index >= 15 is 0 Å². The quantitative estimate of drug-likeness (QED) is 0.0825. The van der Waals surface area contributed by atoms with Crippen molar-refractivity contribution in [1.82, 2.24) is 0 Å². The van der Waals surface area contributed by atoms with E-state index in [0.717, 1.165) is 19.3 Å². The van der Waals surface area contributed by atoms with Gasteiger partial charge in [-0.05, 0) is 28.5 Å². The van der Waals surface area contributed by atoms with Gasteiger partial charge in [0.1, 0.15) is 6.61 Å². The summed E-state index contributed by atoms with van der Waals surface area (Å²) >= 11 is 0. The van der Waals surface area contributed by atoms with Gasteiger partial charge in [-0.1, -0.05) is 108 Å². The first kappa shape index (κ1) is 28.9. The van der Waals surface area contributed by atoms with Gasteiger partial charge in [-0.25, -0.2) is 14.3 Å². The van der Waals surface area contributed by atoms with E-state index in [1.165, 1.54) is 83.5 Å². The van der Waals surface area contributed by atoms with Crippen LogP contribution < -0.4 is 0 Å². The number of phosphoric acid groups is 1. The molecule has 0 aliphatic carbocycles. The van der Waals surface area contributed by atoms with Crippen LogP contribution in [0.3, 0.4) is 0 Å². The third-order valence-corrected chi connectivity index (χ3v) is 6.21. The van der Waals surface area contributed by atoms with Crippen LogP contribution in [0.1, 0.15) is 117 Å². The van der Waals surface area contributed by atoms with E-state index in [4.69, 9.17) is 14.1 Å². The second-order valence-corrected chi connectivity index (χ2v) is 9.53. The molecule has 2 atom stereocenters. The molecular weight excluding hydrogens is 427 g/mol. The van der Waals surface area contributed by atoms with Gasteiger partial charge >= 0.3 is 7.82 Å². The van der Waals surface area contributed by atoms with E-state index in [0.29, 0.717) is 0 Å². The average molecular weight is 471 g/mol. The van der Waals surface area contributed by atoms with Crippen molar-refractivity contribution in [1.29, 1.82) is 0 Å². The number of rotatable bonds is 19. The number of hydrogen-bond donors (Lipinski definition) is 0. The molecule has 31 heavy (non-hydrogen) atoms. The fraction of sp³-hybridized carbons (Fsp3) is 1.00. The first-order valence-corrected chi connectivity index (χ1v) is 13.5. The Hall–Kier alpha value is -0.0900. The standard InChI is InChI=1S/C21H43O9P/c1-3-4-5-6-7-8-9-10-11-12-13-14-15-16-17-18-19-23-29-31(22)25-21(2)20-24-26-27-28-30-31/h21H,3-20H2,1-2H3. The Morgan fingerprint density at radius 2 is 1.26 bits per heavy atom. The maximum absolute atomic E-state index is 12.2. The summed E-state index contributed by atoms with van der Waals surface area (Å²) in [6, 6.07) is 0. The molecule has 1 rings (SSSR count). The number of unbranched alkanes of at least 4 members (excludes halogenated alkanes) is 15. The van der Waals surface area contributed by atoms with Crippen LogP contribution in [0.5, 0.6) is 0 Å². The van der Waals surface area contributed by atoms with E-state index in [-0.39, 0.29) is 13.2 Å². The van der Waals surface area contributed by atoms with Gasteiger partial charge in [-0.2, -0.15) is 0 Å². The highest BCUT2D eigenvalue weighted by molar-refractivity contribution is 7.48. The molecule has 2 unspecified atom stereocenters. The fourth-order valence-electron chi connectivity index (χ4n) is 3.31. The van der Waals surface area contributed by atoms with Crippen molar-refractivity contribution >= 4 is 7.82 Å². The monoisotopic (exact) mass is 470 g/mol. The lowest BCUT2D eigenvalue weighted by Crippen LogP contribution is -2.15. The molecule has 1 aliphatic heterocycles. The minimum absolute atomic E-state index is 0.0564. The summed E-state index contributed by atoms with van der Waals surface area (Å²) in [7, 11) is -4.09. The van der Waals surface area contributed by atoms with E-state index in [2.05, 4.69) is 31.6 Å². The molecule has 9 nitrogen and oxygen atoms in total. The Bertz CT molecular complexity index is 439. The van der Waals surface area contributed by atoms with Crippen LogP contribution in [0.15, 0.2) is 0 Å². The van der Waals surface area contributed by atoms with Crippen molar-refractivity contribution in [3.63, 3.8) is 0 Å². The van der Waals surface area contributed by atoms with Crippen LogP contribution >= 0.6 is 7.82 Å². The third-order valence-electron chi connectivity index (χ3n) is 5.06. The van der Waals surface area contributed by atoms with Crippen molar-refractivity contribution in [3.05, 3.63) is 0 Å². The number of hydrogen-bond acceptors (Lipinski definition) is 9. The van der Waals surface area contributed by atoms with Crippen molar-refractivity contribution in [3.8, 4) is 0 Å². The smallest absolute Gasteiger partial charge is 0.278 e. The highest BCUT2D eigenvalue weighted by Gasteiger charge is 2.35. The molecule has 0 saturated carbocycles. The molecule has 0 N–H and O–H groups in total. The molecule has 0 spiro atoms. The normalized spacial score (nSPS) is 22.7. The minimum atomic E-state index is -4.09. The molecule has 0 aromatic rings. The van der Waals surface area contributed by atoms with Gasteiger partial charge in [-0.3, -0.25) is 4.52 Å². The summed E-state index contributed by atoms with van der Waals surface area (Å²) in [6.45, 7) is 4.07. The summed E-state index contributed by atoms with van der Waals surface area (Å²) in [4.78, 5) is 9.48. The lowest BCUT2D eigenvalue weighted by molar-refractivity contribution is -0.692. The first-order chi connectivity index (χ1) is 15.2. The molecule has 1 aliphatic rings. The van der Waals surface area contributed by atoms with Crippen molar-refractivity contribution in [2.24, 2.45) is 0 Å². The molecule has 0 bridgehead atoms. The van der Waals surface area contributed by atoms with Gasteiger partial charge in [-0.15, -0.1) is 4.67 Å². The second kappa shape index (κ2) is 20.5. The van der Waals surface area contributed by atoms with Crippen molar-refractivity contribution in [2.45, 2.75) is 123 Å². The van der Waals surface area contributed by atoms with E-state index < -0.39 is 13.9 Å². The first-order valence-electron chi connectivity index (χ1n) is 12.1. The lowest BCUT2D eigenvalue weighted by Gasteiger charge is -2.16. The predicted octanol–water partition coefficient (Wildman–Crippen LogP) is 7.47. The van der Waals surface area contributed by atoms with E-state index in [9.17, 15) is 4.57 Å². The Labute approximate surface area is 187 Å². The summed E-state index contributed by atoms with van der Waals surface area (Å²) in [5.41, 5.74) is 0. The van der Waals surface area contributed by atoms with Crippen LogP contribution in [0.25, 0.3) is 0 Å². The molecule has 186 valence electrons. The van der Waals surface area contributed by atoms with E-state index in [1.807, 2.05) is 0 Å². The molecule has 0 radical (unpaired) electrons. The maximum Gasteiger partial charge on any atom is 0.532 e. The highest BCUT2D eigenvalue weighted by Crippen LogP contribution is 2.51. The van der Waals surface area contributed by atoms with E-state index in [1.54, 1.807) is 6.92 Å². The maximum atomic E-state index is 12.2. The Kier molecular flexibility index (Phi) is 19.2. The zero-order chi connectivity index (χ0) is 22.5. The van der Waals surface area contributed by atoms with Crippen LogP contribution in [0.4, 0.5) is 0 Å². The zero-order valence-corrected chi connectivity index (χ0v) is 20.3. The Morgan fingerprint density at radius 1 is 0.742 bits per heavy atom. The van der Waals surface area contributed by atoms with Gasteiger partial charge in [0, 0.05) is 0 Å². The zero-order valence-electron chi connectivity index (χ0n) is 19.4. The Morgan fingerprint density at radius 3 is 1.81 bits per heavy atom. The average Bonchev–Trinajstić information content (AvgIpc) is 2.83. The van der Waals surface area contributed by atoms with Gasteiger partial charge < -0.3 is 0 Å². The van der Waals surface area contributed by atoms with Crippen LogP contribution in [-0.2, 0) is 43.3 Å². The Balaban J connectivity index is 1.84. The molecule has 0 amide bonds. The topological polar surface area (TPSA) is 90.9 Å². The van der Waals surface area contributed by atoms with Gasteiger partial charge in [0.15, 0.2) is 0 Å². The molecule has 0 aromatic carbocycles. The molecule has 0 aromatic heterocycles. The minimum Gasteiger partial charge on any atom is -0.278 e. The highest BCUT2D eigenvalue weighted by atomic mass is 31.2. The molecular formula is C21H43O9P. The molecule has 1 fully saturated rings. The van der Waals surface area contributed by atoms with Gasteiger partial charge in [0.25, 0.3) is 0 Å². The second-order valence-electron chi connectivity index (χ2n) is 8.13. The molecule has 1 saturated heterocycles. The van der Waals surface area contributed by atoms with Crippen LogP contribution in [0, 0.1) is 0 Å². The molecule has 1 heterocycles. The van der Waals surface area contributed by atoms with Crippen LogP contribution in [-0.4, -0.2) is 19.3 Å². The predicted molar refractivity (Wildman–Crippen MR) is 115 cm³/mol. The lowest BCUT2D eigenvalue weighted by atomic mass is 10.0. The summed E-state index contributed by atoms with van der Waals surface area (Å²) in [5.74, 6) is 0. The molecule has 10 heteroatoms. The summed E-state index contributed by atoms with van der Waals surface area (Å²) in [5, 5.41) is 12.2. The largest absolute Gasteiger partial charge is 0.532 e. The SMILES string of the molecule is CCCCCCCCCCCCCCCCCCOOP1(=O)OOOOOCC(C)O1. The van der Waals surface area contributed by atoms with Crippen molar-refractivity contribution < 1.29 is 43.3 Å². The fourth-order valence-corrected chi connectivity index (χ4v) is 4.21. The summed E-state index contributed by atoms with van der Waals surface area (Å²) < 4.78 is 26.5. The van der Waals surface area contributed by atoms with Crippen LogP contribution in [0.2, 0.25) is 0 Å². The third kappa shape index (κ3) is 18.1. The van der Waals surface area contributed by atoms with Gasteiger partial charge in [0.2, 0.25) is 0 Å². The summed E-state index contributed by atoms with van der Waals surface area (Å²) in [6.07, 6.45) is 20.0. The van der Waals surface area contributed by atoms with Crippen molar-refractivity contribution in [2.75, 3.05) is 13.2 Å². The van der Waals surface area contributed by atoms with Gasteiger partial charge in [0.05, 0.1) is 12.7 Å².